The number of likely N-dealkylation sites (tertiary alicyclic amines) is 1. The van der Waals surface area contributed by atoms with Gasteiger partial charge in [0.05, 0.1) is 5.69 Å². The second-order valence-corrected chi connectivity index (χ2v) is 5.29. The van der Waals surface area contributed by atoms with Crippen molar-refractivity contribution in [2.24, 2.45) is 0 Å². The van der Waals surface area contributed by atoms with Gasteiger partial charge in [-0.2, -0.15) is 0 Å². The first-order valence-corrected chi connectivity index (χ1v) is 7.22. The Hall–Kier alpha value is -1.62. The highest BCUT2D eigenvalue weighted by atomic mass is 19.1. The number of nitrogens with one attached hydrogen (secondary N) is 1. The van der Waals surface area contributed by atoms with Crippen LogP contribution < -0.4 is 11.1 Å². The minimum atomic E-state index is -0.465. The first kappa shape index (κ1) is 14.8. The number of piperidine rings is 1. The highest BCUT2D eigenvalue weighted by Gasteiger charge is 2.10. The van der Waals surface area contributed by atoms with E-state index in [0.29, 0.717) is 12.1 Å². The van der Waals surface area contributed by atoms with Crippen LogP contribution in [-0.4, -0.2) is 30.4 Å². The molecule has 1 heterocycles. The second kappa shape index (κ2) is 7.24. The fraction of sp³-hybridized carbons (Fsp3) is 0.533. The molecule has 0 spiro atoms. The predicted octanol–water partition coefficient (Wildman–Crippen LogP) is 2.61. The van der Waals surface area contributed by atoms with Gasteiger partial charge in [0, 0.05) is 12.1 Å². The van der Waals surface area contributed by atoms with Crippen molar-refractivity contribution in [3.05, 3.63) is 24.0 Å². The molecule has 5 heteroatoms. The molecule has 20 heavy (non-hydrogen) atoms. The summed E-state index contributed by atoms with van der Waals surface area (Å²) in [6, 6.07) is 4.23. The van der Waals surface area contributed by atoms with Crippen LogP contribution in [-0.2, 0) is 4.79 Å². The molecule has 0 aromatic heterocycles. The van der Waals surface area contributed by atoms with Crippen LogP contribution in [0.3, 0.4) is 0 Å². The normalized spacial score (nSPS) is 16.1. The standard InChI is InChI=1S/C15H22FN3O/c16-13-7-6-12(11-14(13)17)18-15(20)5-4-10-19-8-2-1-3-9-19/h6-7,11H,1-5,8-10,17H2,(H,18,20). The van der Waals surface area contributed by atoms with Crippen LogP contribution in [0.2, 0.25) is 0 Å². The molecule has 0 radical (unpaired) electrons. The van der Waals surface area contributed by atoms with E-state index in [0.717, 1.165) is 26.1 Å². The van der Waals surface area contributed by atoms with Crippen molar-refractivity contribution in [2.75, 3.05) is 30.7 Å². The molecule has 0 aliphatic carbocycles. The lowest BCUT2D eigenvalue weighted by molar-refractivity contribution is -0.116. The molecule has 1 aliphatic heterocycles. The molecule has 4 nitrogen and oxygen atoms in total. The molecule has 1 saturated heterocycles. The Morgan fingerprint density at radius 2 is 2.05 bits per heavy atom. The molecular formula is C15H22FN3O. The number of rotatable bonds is 5. The van der Waals surface area contributed by atoms with E-state index in [1.165, 1.54) is 37.5 Å². The molecule has 0 saturated carbocycles. The smallest absolute Gasteiger partial charge is 0.224 e. The Balaban J connectivity index is 1.70. The van der Waals surface area contributed by atoms with Gasteiger partial charge in [-0.05, 0) is 57.1 Å². The Bertz CT molecular complexity index is 458. The van der Waals surface area contributed by atoms with Crippen LogP contribution in [0, 0.1) is 5.82 Å². The summed E-state index contributed by atoms with van der Waals surface area (Å²) in [7, 11) is 0. The second-order valence-electron chi connectivity index (χ2n) is 5.29. The van der Waals surface area contributed by atoms with Crippen molar-refractivity contribution in [1.29, 1.82) is 0 Å². The topological polar surface area (TPSA) is 58.4 Å². The maximum Gasteiger partial charge on any atom is 0.224 e. The highest BCUT2D eigenvalue weighted by molar-refractivity contribution is 5.91. The molecule has 110 valence electrons. The number of nitrogens with two attached hydrogens (primary N) is 1. The van der Waals surface area contributed by atoms with E-state index >= 15 is 0 Å². The fourth-order valence-corrected chi connectivity index (χ4v) is 2.49. The van der Waals surface area contributed by atoms with Gasteiger partial charge < -0.3 is 16.0 Å². The molecule has 1 aliphatic rings. The van der Waals surface area contributed by atoms with Crippen LogP contribution in [0.25, 0.3) is 0 Å². The predicted molar refractivity (Wildman–Crippen MR) is 79.0 cm³/mol. The number of nitrogen functional groups attached to an aromatic ring is 1. The SMILES string of the molecule is Nc1cc(NC(=O)CCCN2CCCCC2)ccc1F. The minimum Gasteiger partial charge on any atom is -0.396 e. The van der Waals surface area contributed by atoms with E-state index < -0.39 is 5.82 Å². The van der Waals surface area contributed by atoms with Crippen molar-refractivity contribution >= 4 is 17.3 Å². The van der Waals surface area contributed by atoms with Crippen molar-refractivity contribution in [1.82, 2.24) is 4.90 Å². The summed E-state index contributed by atoms with van der Waals surface area (Å²) in [6.45, 7) is 3.27. The number of halogens is 1. The van der Waals surface area contributed by atoms with E-state index in [-0.39, 0.29) is 11.6 Å². The Morgan fingerprint density at radius 1 is 1.30 bits per heavy atom. The minimum absolute atomic E-state index is 0.0481. The lowest BCUT2D eigenvalue weighted by Crippen LogP contribution is -2.31. The lowest BCUT2D eigenvalue weighted by Gasteiger charge is -2.26. The Labute approximate surface area is 119 Å². The summed E-state index contributed by atoms with van der Waals surface area (Å²) < 4.78 is 13.0. The number of hydrogen-bond acceptors (Lipinski definition) is 3. The zero-order chi connectivity index (χ0) is 14.4. The molecule has 1 fully saturated rings. The summed E-state index contributed by atoms with van der Waals surface area (Å²) in [5.41, 5.74) is 6.06. The van der Waals surface area contributed by atoms with Crippen LogP contribution >= 0.6 is 0 Å². The molecule has 0 atom stereocenters. The number of carbonyl (C=O) groups excluding carboxylic acids is 1. The maximum absolute atomic E-state index is 13.0. The lowest BCUT2D eigenvalue weighted by atomic mass is 10.1. The molecule has 0 unspecified atom stereocenters. The van der Waals surface area contributed by atoms with Gasteiger partial charge in [0.15, 0.2) is 0 Å². The van der Waals surface area contributed by atoms with Crippen LogP contribution in [0.15, 0.2) is 18.2 Å². The van der Waals surface area contributed by atoms with Crippen LogP contribution in [0.1, 0.15) is 32.1 Å². The number of anilines is 2. The van der Waals surface area contributed by atoms with Crippen molar-refractivity contribution in [2.45, 2.75) is 32.1 Å². The summed E-state index contributed by atoms with van der Waals surface area (Å²) in [6.07, 6.45) is 5.18. The molecule has 0 bridgehead atoms. The molecule has 1 amide bonds. The van der Waals surface area contributed by atoms with E-state index in [2.05, 4.69) is 10.2 Å². The zero-order valence-electron chi connectivity index (χ0n) is 11.7. The first-order valence-electron chi connectivity index (χ1n) is 7.22. The monoisotopic (exact) mass is 279 g/mol. The number of benzene rings is 1. The summed E-state index contributed by atoms with van der Waals surface area (Å²) >= 11 is 0. The average Bonchev–Trinajstić information content (AvgIpc) is 2.44. The van der Waals surface area contributed by atoms with Gasteiger partial charge in [0.25, 0.3) is 0 Å². The third-order valence-electron chi connectivity index (χ3n) is 3.61. The molecule has 1 aromatic carbocycles. The largest absolute Gasteiger partial charge is 0.396 e. The molecule has 1 aromatic rings. The van der Waals surface area contributed by atoms with E-state index in [9.17, 15) is 9.18 Å². The summed E-state index contributed by atoms with van der Waals surface area (Å²) in [5, 5.41) is 2.74. The number of amides is 1. The third-order valence-corrected chi connectivity index (χ3v) is 3.61. The van der Waals surface area contributed by atoms with Crippen molar-refractivity contribution < 1.29 is 9.18 Å². The summed E-state index contributed by atoms with van der Waals surface area (Å²) in [4.78, 5) is 14.2. The van der Waals surface area contributed by atoms with Crippen molar-refractivity contribution in [3.8, 4) is 0 Å². The molecule has 2 rings (SSSR count). The summed E-state index contributed by atoms with van der Waals surface area (Å²) in [5.74, 6) is -0.513. The van der Waals surface area contributed by atoms with Crippen LogP contribution in [0.5, 0.6) is 0 Å². The van der Waals surface area contributed by atoms with Gasteiger partial charge >= 0.3 is 0 Å². The van der Waals surface area contributed by atoms with Gasteiger partial charge in [-0.1, -0.05) is 6.42 Å². The van der Waals surface area contributed by atoms with Gasteiger partial charge in [-0.15, -0.1) is 0 Å². The van der Waals surface area contributed by atoms with Gasteiger partial charge in [-0.3, -0.25) is 4.79 Å². The Morgan fingerprint density at radius 3 is 2.75 bits per heavy atom. The van der Waals surface area contributed by atoms with Gasteiger partial charge in [0.1, 0.15) is 5.82 Å². The van der Waals surface area contributed by atoms with Crippen molar-refractivity contribution in [3.63, 3.8) is 0 Å². The Kier molecular flexibility index (Phi) is 5.35. The number of nitrogens with zero attached hydrogens (tertiary/aromatic N) is 1. The fourth-order valence-electron chi connectivity index (χ4n) is 2.49. The zero-order valence-corrected chi connectivity index (χ0v) is 11.7. The molecular weight excluding hydrogens is 257 g/mol. The first-order chi connectivity index (χ1) is 9.65. The van der Waals surface area contributed by atoms with E-state index in [1.807, 2.05) is 0 Å². The van der Waals surface area contributed by atoms with E-state index in [4.69, 9.17) is 5.73 Å². The third kappa shape index (κ3) is 4.49. The average molecular weight is 279 g/mol. The highest BCUT2D eigenvalue weighted by Crippen LogP contribution is 2.16. The van der Waals surface area contributed by atoms with Gasteiger partial charge in [-0.25, -0.2) is 4.39 Å². The van der Waals surface area contributed by atoms with Crippen LogP contribution in [0.4, 0.5) is 15.8 Å². The maximum atomic E-state index is 13.0. The van der Waals surface area contributed by atoms with Gasteiger partial charge in [0.2, 0.25) is 5.91 Å². The van der Waals surface area contributed by atoms with E-state index in [1.54, 1.807) is 0 Å². The molecule has 3 N–H and O–H groups in total. The quantitative estimate of drug-likeness (QED) is 0.815. The number of hydrogen-bond donors (Lipinski definition) is 2. The number of carbonyl (C=O) groups is 1.